The predicted molar refractivity (Wildman–Crippen MR) is 58.6 cm³/mol. The highest BCUT2D eigenvalue weighted by molar-refractivity contribution is 5.66. The molecule has 0 aromatic heterocycles. The molecule has 15 heavy (non-hydrogen) atoms. The summed E-state index contributed by atoms with van der Waals surface area (Å²) in [7, 11) is 0. The van der Waals surface area contributed by atoms with Crippen LogP contribution in [0.5, 0.6) is 0 Å². The van der Waals surface area contributed by atoms with Gasteiger partial charge in [-0.2, -0.15) is 0 Å². The first kappa shape index (κ1) is 10.2. The second-order valence-electron chi connectivity index (χ2n) is 4.10. The van der Waals surface area contributed by atoms with E-state index in [1.165, 1.54) is 18.1 Å². The summed E-state index contributed by atoms with van der Waals surface area (Å²) in [6.45, 7) is 1.48. The molecule has 0 aliphatic heterocycles. The van der Waals surface area contributed by atoms with Crippen molar-refractivity contribution in [3.05, 3.63) is 35.4 Å². The van der Waals surface area contributed by atoms with Crippen molar-refractivity contribution in [1.29, 1.82) is 0 Å². The molecule has 0 amide bonds. The van der Waals surface area contributed by atoms with Crippen LogP contribution in [-0.4, -0.2) is 12.1 Å². The summed E-state index contributed by atoms with van der Waals surface area (Å²) >= 11 is 0. The number of hydrogen-bond donors (Lipinski definition) is 0. The largest absolute Gasteiger partial charge is 0.462 e. The lowest BCUT2D eigenvalue weighted by Gasteiger charge is -2.14. The minimum absolute atomic E-state index is 0.0751. The Hall–Kier alpha value is -1.31. The van der Waals surface area contributed by atoms with Gasteiger partial charge in [0.25, 0.3) is 0 Å². The Kier molecular flexibility index (Phi) is 3.05. The normalized spacial score (nSPS) is 20.2. The van der Waals surface area contributed by atoms with E-state index in [1.54, 1.807) is 0 Å². The van der Waals surface area contributed by atoms with Crippen molar-refractivity contribution in [1.82, 2.24) is 0 Å². The van der Waals surface area contributed by atoms with Crippen molar-refractivity contribution in [2.75, 3.05) is 0 Å². The molecule has 2 heteroatoms. The van der Waals surface area contributed by atoms with Crippen molar-refractivity contribution in [3.63, 3.8) is 0 Å². The van der Waals surface area contributed by atoms with Gasteiger partial charge in [-0.1, -0.05) is 24.3 Å². The third-order valence-corrected chi connectivity index (χ3v) is 2.87. The Labute approximate surface area is 90.3 Å². The van der Waals surface area contributed by atoms with Crippen molar-refractivity contribution in [2.45, 2.75) is 38.7 Å². The molecule has 0 saturated heterocycles. The average molecular weight is 204 g/mol. The van der Waals surface area contributed by atoms with E-state index in [0.717, 1.165) is 25.7 Å². The number of rotatable bonds is 1. The maximum absolute atomic E-state index is 10.9. The Morgan fingerprint density at radius 2 is 2.07 bits per heavy atom. The van der Waals surface area contributed by atoms with Crippen LogP contribution >= 0.6 is 0 Å². The molecule has 1 unspecified atom stereocenters. The van der Waals surface area contributed by atoms with Gasteiger partial charge in [-0.15, -0.1) is 0 Å². The topological polar surface area (TPSA) is 26.3 Å². The summed E-state index contributed by atoms with van der Waals surface area (Å²) in [6.07, 6.45) is 4.14. The van der Waals surface area contributed by atoms with Crippen LogP contribution in [0.2, 0.25) is 0 Å². The maximum atomic E-state index is 10.9. The molecule has 2 rings (SSSR count). The van der Waals surface area contributed by atoms with E-state index in [9.17, 15) is 4.79 Å². The Morgan fingerprint density at radius 3 is 2.80 bits per heavy atom. The fraction of sp³-hybridized carbons (Fsp3) is 0.462. The van der Waals surface area contributed by atoms with Crippen molar-refractivity contribution in [2.24, 2.45) is 0 Å². The number of fused-ring (bicyclic) bond motifs is 1. The third-order valence-electron chi connectivity index (χ3n) is 2.87. The fourth-order valence-electron chi connectivity index (χ4n) is 2.20. The fourth-order valence-corrected chi connectivity index (χ4v) is 2.20. The van der Waals surface area contributed by atoms with Gasteiger partial charge in [-0.05, 0) is 30.4 Å². The van der Waals surface area contributed by atoms with E-state index >= 15 is 0 Å². The molecule has 0 saturated carbocycles. The molecular formula is C13H16O2. The summed E-state index contributed by atoms with van der Waals surface area (Å²) in [5, 5.41) is 0. The van der Waals surface area contributed by atoms with Crippen LogP contribution in [0.1, 0.15) is 30.9 Å². The summed E-state index contributed by atoms with van der Waals surface area (Å²) in [5.74, 6) is -0.167. The Balaban J connectivity index is 2.13. The van der Waals surface area contributed by atoms with Gasteiger partial charge in [-0.25, -0.2) is 0 Å². The van der Waals surface area contributed by atoms with Crippen LogP contribution in [0.25, 0.3) is 0 Å². The Morgan fingerprint density at radius 1 is 1.33 bits per heavy atom. The summed E-state index contributed by atoms with van der Waals surface area (Å²) in [4.78, 5) is 10.9. The molecule has 0 radical (unpaired) electrons. The molecule has 1 atom stereocenters. The average Bonchev–Trinajstić information content (AvgIpc) is 2.38. The number of aryl methyl sites for hydroxylation is 1. The lowest BCUT2D eigenvalue weighted by molar-refractivity contribution is -0.146. The van der Waals surface area contributed by atoms with Gasteiger partial charge in [0, 0.05) is 13.3 Å². The van der Waals surface area contributed by atoms with Crippen molar-refractivity contribution in [3.8, 4) is 0 Å². The van der Waals surface area contributed by atoms with Gasteiger partial charge in [0.05, 0.1) is 0 Å². The molecule has 0 heterocycles. The van der Waals surface area contributed by atoms with Crippen LogP contribution in [0.15, 0.2) is 24.3 Å². The number of hydrogen-bond acceptors (Lipinski definition) is 2. The number of carbonyl (C=O) groups excluding carboxylic acids is 1. The van der Waals surface area contributed by atoms with Gasteiger partial charge in [0.1, 0.15) is 6.10 Å². The highest BCUT2D eigenvalue weighted by atomic mass is 16.5. The SMILES string of the molecule is CC(=O)OC1CCCc2ccccc2C1. The standard InChI is InChI=1S/C13H16O2/c1-10(14)15-13-8-4-7-11-5-2-3-6-12(11)9-13/h2-3,5-6,13H,4,7-9H2,1H3. The van der Waals surface area contributed by atoms with E-state index in [-0.39, 0.29) is 12.1 Å². The van der Waals surface area contributed by atoms with E-state index in [4.69, 9.17) is 4.74 Å². The van der Waals surface area contributed by atoms with E-state index in [1.807, 2.05) is 0 Å². The molecular weight excluding hydrogens is 188 g/mol. The van der Waals surface area contributed by atoms with Gasteiger partial charge < -0.3 is 4.74 Å². The van der Waals surface area contributed by atoms with Gasteiger partial charge in [-0.3, -0.25) is 4.79 Å². The minimum atomic E-state index is -0.167. The maximum Gasteiger partial charge on any atom is 0.302 e. The van der Waals surface area contributed by atoms with Crippen LogP contribution in [0, 0.1) is 0 Å². The number of carbonyl (C=O) groups is 1. The number of ether oxygens (including phenoxy) is 1. The molecule has 0 N–H and O–H groups in total. The molecule has 0 spiro atoms. The summed E-state index contributed by atoms with van der Waals surface area (Å²) in [5.41, 5.74) is 2.74. The molecule has 1 aromatic carbocycles. The second kappa shape index (κ2) is 4.47. The van der Waals surface area contributed by atoms with Gasteiger partial charge >= 0.3 is 5.97 Å². The molecule has 0 bridgehead atoms. The zero-order chi connectivity index (χ0) is 10.7. The van der Waals surface area contributed by atoms with Crippen molar-refractivity contribution < 1.29 is 9.53 Å². The van der Waals surface area contributed by atoms with Crippen molar-refractivity contribution >= 4 is 5.97 Å². The van der Waals surface area contributed by atoms with E-state index in [0.29, 0.717) is 0 Å². The molecule has 1 aliphatic rings. The quantitative estimate of drug-likeness (QED) is 0.519. The van der Waals surface area contributed by atoms with E-state index in [2.05, 4.69) is 24.3 Å². The monoisotopic (exact) mass is 204 g/mol. The highest BCUT2D eigenvalue weighted by Gasteiger charge is 2.18. The molecule has 2 nitrogen and oxygen atoms in total. The molecule has 1 aliphatic carbocycles. The lowest BCUT2D eigenvalue weighted by Crippen LogP contribution is -2.18. The first-order valence-electron chi connectivity index (χ1n) is 5.49. The molecule has 1 aromatic rings. The minimum Gasteiger partial charge on any atom is -0.462 e. The van der Waals surface area contributed by atoms with Gasteiger partial charge in [0.2, 0.25) is 0 Å². The summed E-state index contributed by atoms with van der Waals surface area (Å²) in [6, 6.07) is 8.43. The highest BCUT2D eigenvalue weighted by Crippen LogP contribution is 2.22. The van der Waals surface area contributed by atoms with Crippen LogP contribution < -0.4 is 0 Å². The number of benzene rings is 1. The smallest absolute Gasteiger partial charge is 0.302 e. The first-order chi connectivity index (χ1) is 7.25. The second-order valence-corrected chi connectivity index (χ2v) is 4.10. The molecule has 80 valence electrons. The summed E-state index contributed by atoms with van der Waals surface area (Å²) < 4.78 is 5.29. The van der Waals surface area contributed by atoms with Crippen LogP contribution in [-0.2, 0) is 22.4 Å². The third kappa shape index (κ3) is 2.58. The molecule has 0 fully saturated rings. The van der Waals surface area contributed by atoms with Gasteiger partial charge in [0.15, 0.2) is 0 Å². The predicted octanol–water partition coefficient (Wildman–Crippen LogP) is 2.50. The van der Waals surface area contributed by atoms with Crippen LogP contribution in [0.4, 0.5) is 0 Å². The Bertz CT molecular complexity index is 357. The van der Waals surface area contributed by atoms with Crippen LogP contribution in [0.3, 0.4) is 0 Å². The van der Waals surface area contributed by atoms with E-state index < -0.39 is 0 Å². The lowest BCUT2D eigenvalue weighted by atomic mass is 10.0. The zero-order valence-electron chi connectivity index (χ0n) is 9.03. The first-order valence-corrected chi connectivity index (χ1v) is 5.49. The number of esters is 1. The zero-order valence-corrected chi connectivity index (χ0v) is 9.03.